The number of para-hydroxylation sites is 1. The zero-order valence-corrected chi connectivity index (χ0v) is 20.8. The molecule has 1 aliphatic heterocycles. The van der Waals surface area contributed by atoms with E-state index in [2.05, 4.69) is 10.2 Å². The summed E-state index contributed by atoms with van der Waals surface area (Å²) in [6, 6.07) is 16.8. The van der Waals surface area contributed by atoms with Crippen molar-refractivity contribution in [3.63, 3.8) is 0 Å². The number of carbonyl (C=O) groups is 1. The van der Waals surface area contributed by atoms with Crippen LogP contribution in [0.25, 0.3) is 22.2 Å². The van der Waals surface area contributed by atoms with E-state index in [-0.39, 0.29) is 23.3 Å². The van der Waals surface area contributed by atoms with Crippen LogP contribution in [0.4, 0.5) is 5.82 Å². The zero-order valence-electron chi connectivity index (χ0n) is 20.8. The van der Waals surface area contributed by atoms with E-state index in [0.717, 1.165) is 37.0 Å². The molecule has 0 bridgehead atoms. The molecule has 10 heteroatoms. The summed E-state index contributed by atoms with van der Waals surface area (Å²) in [6.45, 7) is 1.02. The number of aromatic nitrogens is 4. The monoisotopic (exact) mass is 511 g/mol. The Morgan fingerprint density at radius 2 is 1.79 bits per heavy atom. The second-order valence-electron chi connectivity index (χ2n) is 9.90. The number of likely N-dealkylation sites (tertiary alicyclic amines) is 1. The van der Waals surface area contributed by atoms with Crippen molar-refractivity contribution in [2.45, 2.75) is 31.7 Å². The molecule has 10 nitrogen and oxygen atoms in total. The minimum absolute atomic E-state index is 0.164. The van der Waals surface area contributed by atoms with Crippen LogP contribution in [0.1, 0.15) is 31.7 Å². The topological polar surface area (TPSA) is 145 Å². The van der Waals surface area contributed by atoms with Gasteiger partial charge in [0.25, 0.3) is 11.5 Å². The van der Waals surface area contributed by atoms with Gasteiger partial charge in [-0.2, -0.15) is 10.2 Å². The maximum atomic E-state index is 13.0. The summed E-state index contributed by atoms with van der Waals surface area (Å²) < 4.78 is 7.62. The lowest BCUT2D eigenvalue weighted by Gasteiger charge is -2.33. The van der Waals surface area contributed by atoms with E-state index >= 15 is 0 Å². The predicted molar refractivity (Wildman–Crippen MR) is 144 cm³/mol. The maximum Gasteiger partial charge on any atom is 0.290 e. The van der Waals surface area contributed by atoms with E-state index in [0.29, 0.717) is 47.1 Å². The SMILES string of the molecule is N/C(=C\C1CC1)C(=O)N1CCCC(n2nc(-c3ccc(Oc4ccccc4)cc3)c3c(N)n[nH]c(=O)c32)C1. The Balaban J connectivity index is 1.33. The number of hydrogen-bond acceptors (Lipinski definition) is 7. The number of nitrogens with two attached hydrogens (primary N) is 2. The summed E-state index contributed by atoms with van der Waals surface area (Å²) in [4.78, 5) is 27.7. The van der Waals surface area contributed by atoms with Crippen molar-refractivity contribution >= 4 is 22.6 Å². The van der Waals surface area contributed by atoms with Gasteiger partial charge >= 0.3 is 0 Å². The van der Waals surface area contributed by atoms with Crippen molar-refractivity contribution in [2.75, 3.05) is 18.8 Å². The molecule has 0 spiro atoms. The molecule has 2 aliphatic rings. The Labute approximate surface area is 218 Å². The van der Waals surface area contributed by atoms with Gasteiger partial charge in [0.15, 0.2) is 5.82 Å². The van der Waals surface area contributed by atoms with Crippen molar-refractivity contribution in [3.8, 4) is 22.8 Å². The van der Waals surface area contributed by atoms with Crippen LogP contribution in [0.5, 0.6) is 11.5 Å². The third-order valence-corrected chi connectivity index (χ3v) is 7.08. The number of carbonyl (C=O) groups excluding carboxylic acids is 1. The van der Waals surface area contributed by atoms with Gasteiger partial charge in [0.05, 0.1) is 17.1 Å². The first kappa shape index (κ1) is 23.8. The molecule has 6 rings (SSSR count). The summed E-state index contributed by atoms with van der Waals surface area (Å²) >= 11 is 0. The molecule has 1 saturated carbocycles. The highest BCUT2D eigenvalue weighted by molar-refractivity contribution is 5.99. The van der Waals surface area contributed by atoms with Crippen LogP contribution in [0.2, 0.25) is 0 Å². The third kappa shape index (κ3) is 4.60. The van der Waals surface area contributed by atoms with Gasteiger partial charge < -0.3 is 21.1 Å². The van der Waals surface area contributed by atoms with Crippen LogP contribution in [0.15, 0.2) is 71.2 Å². The number of rotatable bonds is 6. The second-order valence-corrected chi connectivity index (χ2v) is 9.90. The van der Waals surface area contributed by atoms with E-state index < -0.39 is 0 Å². The minimum atomic E-state index is -0.381. The minimum Gasteiger partial charge on any atom is -0.457 e. The number of nitrogen functional groups attached to an aromatic ring is 1. The van der Waals surface area contributed by atoms with Gasteiger partial charge in [0.2, 0.25) is 0 Å². The standard InChI is InChI=1S/C28H29N7O3/c29-22(15-17-8-9-17)28(37)34-14-4-5-19(16-34)35-25-23(26(30)31-32-27(25)36)24(33-35)18-10-12-21(13-11-18)38-20-6-2-1-3-7-20/h1-3,6-7,10-13,15,17,19H,4-5,8-9,14,16,29H2,(H2,30,31)(H,32,36)/b22-15-. The molecule has 2 aromatic heterocycles. The molecule has 1 aliphatic carbocycles. The Kier molecular flexibility index (Phi) is 6.07. The number of fused-ring (bicyclic) bond motifs is 1. The molecule has 4 aromatic rings. The first-order valence-electron chi connectivity index (χ1n) is 12.8. The van der Waals surface area contributed by atoms with Gasteiger partial charge in [-0.1, -0.05) is 24.3 Å². The maximum absolute atomic E-state index is 13.0. The number of allylic oxidation sites excluding steroid dienone is 1. The Bertz CT molecular complexity index is 1570. The molecule has 2 fully saturated rings. The van der Waals surface area contributed by atoms with E-state index in [1.54, 1.807) is 9.58 Å². The summed E-state index contributed by atoms with van der Waals surface area (Å²) in [5.74, 6) is 1.84. The lowest BCUT2D eigenvalue weighted by molar-refractivity contribution is -0.128. The molecule has 1 amide bonds. The number of aromatic amines is 1. The molecule has 194 valence electrons. The van der Waals surface area contributed by atoms with Gasteiger partial charge in [-0.3, -0.25) is 14.3 Å². The van der Waals surface area contributed by atoms with Crippen LogP contribution < -0.4 is 21.8 Å². The van der Waals surface area contributed by atoms with Crippen LogP contribution in [0.3, 0.4) is 0 Å². The average Bonchev–Trinajstić information content (AvgIpc) is 3.66. The van der Waals surface area contributed by atoms with E-state index in [1.807, 2.05) is 60.7 Å². The molecule has 3 heterocycles. The number of nitrogens with one attached hydrogen (secondary N) is 1. The van der Waals surface area contributed by atoms with Crippen LogP contribution in [-0.2, 0) is 4.79 Å². The quantitative estimate of drug-likeness (QED) is 0.336. The number of amides is 1. The summed E-state index contributed by atoms with van der Waals surface area (Å²) in [6.07, 6.45) is 5.56. The average molecular weight is 512 g/mol. The van der Waals surface area contributed by atoms with Gasteiger partial charge in [-0.25, -0.2) is 5.10 Å². The largest absolute Gasteiger partial charge is 0.457 e. The fraction of sp³-hybridized carbons (Fsp3) is 0.286. The number of anilines is 1. The molecular formula is C28H29N7O3. The molecule has 1 saturated heterocycles. The van der Waals surface area contributed by atoms with E-state index in [4.69, 9.17) is 21.3 Å². The number of ether oxygens (including phenoxy) is 1. The summed E-state index contributed by atoms with van der Waals surface area (Å²) in [5.41, 5.74) is 13.9. The highest BCUT2D eigenvalue weighted by Crippen LogP contribution is 2.35. The van der Waals surface area contributed by atoms with Crippen molar-refractivity contribution in [2.24, 2.45) is 11.7 Å². The number of hydrogen-bond donors (Lipinski definition) is 3. The highest BCUT2D eigenvalue weighted by Gasteiger charge is 2.31. The Morgan fingerprint density at radius 1 is 1.05 bits per heavy atom. The van der Waals surface area contributed by atoms with Gasteiger partial charge in [-0.05, 0) is 68.0 Å². The third-order valence-electron chi connectivity index (χ3n) is 7.08. The lowest BCUT2D eigenvalue weighted by atomic mass is 10.0. The first-order valence-corrected chi connectivity index (χ1v) is 12.8. The first-order chi connectivity index (χ1) is 18.5. The normalized spacial score (nSPS) is 18.1. The fourth-order valence-corrected chi connectivity index (χ4v) is 5.00. The molecule has 38 heavy (non-hydrogen) atoms. The molecule has 0 radical (unpaired) electrons. The van der Waals surface area contributed by atoms with Crippen molar-refractivity contribution in [1.29, 1.82) is 0 Å². The van der Waals surface area contributed by atoms with E-state index in [9.17, 15) is 9.59 Å². The van der Waals surface area contributed by atoms with Crippen molar-refractivity contribution in [1.82, 2.24) is 24.9 Å². The Hall–Kier alpha value is -4.60. The van der Waals surface area contributed by atoms with Crippen LogP contribution >= 0.6 is 0 Å². The summed E-state index contributed by atoms with van der Waals surface area (Å²) in [7, 11) is 0. The van der Waals surface area contributed by atoms with Gasteiger partial charge in [-0.15, -0.1) is 0 Å². The predicted octanol–water partition coefficient (Wildman–Crippen LogP) is 3.58. The fourth-order valence-electron chi connectivity index (χ4n) is 5.00. The molecule has 5 N–H and O–H groups in total. The number of benzene rings is 2. The lowest BCUT2D eigenvalue weighted by Crippen LogP contribution is -2.43. The second kappa shape index (κ2) is 9.70. The molecule has 2 aromatic carbocycles. The van der Waals surface area contributed by atoms with E-state index in [1.165, 1.54) is 0 Å². The number of piperidine rings is 1. The number of nitrogens with zero attached hydrogens (tertiary/aromatic N) is 4. The van der Waals surface area contributed by atoms with Gasteiger partial charge in [0.1, 0.15) is 22.7 Å². The van der Waals surface area contributed by atoms with Crippen molar-refractivity contribution < 1.29 is 9.53 Å². The van der Waals surface area contributed by atoms with Gasteiger partial charge in [0, 0.05) is 18.7 Å². The molecule has 1 atom stereocenters. The van der Waals surface area contributed by atoms with Crippen LogP contribution in [-0.4, -0.2) is 43.9 Å². The Morgan fingerprint density at radius 3 is 2.53 bits per heavy atom. The molecular weight excluding hydrogens is 482 g/mol. The smallest absolute Gasteiger partial charge is 0.290 e. The number of H-pyrrole nitrogens is 1. The van der Waals surface area contributed by atoms with Crippen molar-refractivity contribution in [3.05, 3.63) is 76.7 Å². The zero-order chi connectivity index (χ0) is 26.2. The summed E-state index contributed by atoms with van der Waals surface area (Å²) in [5, 5.41) is 11.8. The highest BCUT2D eigenvalue weighted by atomic mass is 16.5. The van der Waals surface area contributed by atoms with Crippen LogP contribution in [0, 0.1) is 5.92 Å². The molecule has 1 unspecified atom stereocenters.